The molecular formula is C23H18N4O. The molecule has 0 amide bonds. The lowest BCUT2D eigenvalue weighted by atomic mass is 10.1. The van der Waals surface area contributed by atoms with Crippen molar-refractivity contribution < 1.29 is 0 Å². The Balaban J connectivity index is 1.82. The van der Waals surface area contributed by atoms with E-state index in [4.69, 9.17) is 0 Å². The van der Waals surface area contributed by atoms with Gasteiger partial charge in [-0.05, 0) is 24.6 Å². The summed E-state index contributed by atoms with van der Waals surface area (Å²) in [7, 11) is 0. The Hall–Kier alpha value is -3.73. The highest BCUT2D eigenvalue weighted by Gasteiger charge is 2.17. The average molecular weight is 366 g/mol. The molecular weight excluding hydrogens is 348 g/mol. The lowest BCUT2D eigenvalue weighted by molar-refractivity contribution is 0.766. The first-order valence-electron chi connectivity index (χ1n) is 9.20. The summed E-state index contributed by atoms with van der Waals surface area (Å²) >= 11 is 0. The second kappa shape index (κ2) is 6.46. The molecule has 0 saturated carbocycles. The molecule has 0 bridgehead atoms. The summed E-state index contributed by atoms with van der Waals surface area (Å²) in [5, 5.41) is 9.47. The van der Waals surface area contributed by atoms with Crippen molar-refractivity contribution in [1.29, 1.82) is 0 Å². The molecule has 0 aliphatic rings. The van der Waals surface area contributed by atoms with Crippen molar-refractivity contribution in [3.63, 3.8) is 0 Å². The molecule has 0 aliphatic carbocycles. The Morgan fingerprint density at radius 3 is 2.32 bits per heavy atom. The van der Waals surface area contributed by atoms with Crippen molar-refractivity contribution in [2.45, 2.75) is 13.5 Å². The monoisotopic (exact) mass is 366 g/mol. The molecule has 0 fully saturated rings. The molecule has 136 valence electrons. The van der Waals surface area contributed by atoms with Crippen molar-refractivity contribution in [3.05, 3.63) is 100 Å². The van der Waals surface area contributed by atoms with Crippen LogP contribution in [0.15, 0.2) is 83.7 Å². The van der Waals surface area contributed by atoms with Gasteiger partial charge in [-0.25, -0.2) is 0 Å². The summed E-state index contributed by atoms with van der Waals surface area (Å²) in [6.45, 7) is 2.50. The second-order valence-corrected chi connectivity index (χ2v) is 6.92. The number of benzene rings is 3. The number of para-hydroxylation sites is 1. The van der Waals surface area contributed by atoms with Gasteiger partial charge in [0.2, 0.25) is 5.78 Å². The normalized spacial score (nSPS) is 11.3. The van der Waals surface area contributed by atoms with E-state index in [1.165, 1.54) is 5.56 Å². The van der Waals surface area contributed by atoms with Crippen molar-refractivity contribution in [2.75, 3.05) is 0 Å². The maximum Gasteiger partial charge on any atom is 0.263 e. The lowest BCUT2D eigenvalue weighted by Crippen LogP contribution is -2.24. The van der Waals surface area contributed by atoms with Crippen LogP contribution in [-0.2, 0) is 6.54 Å². The molecule has 0 atom stereocenters. The van der Waals surface area contributed by atoms with E-state index in [-0.39, 0.29) is 5.56 Å². The molecule has 5 heteroatoms. The number of nitrogens with zero attached hydrogens (tertiary/aromatic N) is 4. The summed E-state index contributed by atoms with van der Waals surface area (Å²) < 4.78 is 3.67. The summed E-state index contributed by atoms with van der Waals surface area (Å²) in [4.78, 5) is 13.2. The van der Waals surface area contributed by atoms with Crippen molar-refractivity contribution >= 4 is 16.7 Å². The molecule has 0 radical (unpaired) electrons. The van der Waals surface area contributed by atoms with Gasteiger partial charge in [0, 0.05) is 5.56 Å². The van der Waals surface area contributed by atoms with E-state index in [1.54, 1.807) is 4.57 Å². The summed E-state index contributed by atoms with van der Waals surface area (Å²) in [6.07, 6.45) is 0. The van der Waals surface area contributed by atoms with Gasteiger partial charge in [0.15, 0.2) is 5.82 Å². The molecule has 0 N–H and O–H groups in total. The van der Waals surface area contributed by atoms with E-state index in [1.807, 2.05) is 71.1 Å². The zero-order chi connectivity index (χ0) is 19.1. The van der Waals surface area contributed by atoms with E-state index < -0.39 is 0 Å². The predicted octanol–water partition coefficient (Wildman–Crippen LogP) is 4.07. The fourth-order valence-electron chi connectivity index (χ4n) is 3.55. The number of hydrogen-bond acceptors (Lipinski definition) is 3. The fourth-order valence-corrected chi connectivity index (χ4v) is 3.55. The third kappa shape index (κ3) is 2.60. The SMILES string of the molecule is Cc1ccc(Cn2c(=O)c3ccccc3n3c(-c4ccccc4)nnc23)cc1. The van der Waals surface area contributed by atoms with Gasteiger partial charge in [0.05, 0.1) is 17.4 Å². The summed E-state index contributed by atoms with van der Waals surface area (Å²) in [5.41, 5.74) is 3.95. The van der Waals surface area contributed by atoms with Gasteiger partial charge in [-0.15, -0.1) is 10.2 Å². The van der Waals surface area contributed by atoms with Gasteiger partial charge in [0.25, 0.3) is 5.56 Å². The Morgan fingerprint density at radius 1 is 0.821 bits per heavy atom. The first-order valence-corrected chi connectivity index (χ1v) is 9.20. The van der Waals surface area contributed by atoms with E-state index >= 15 is 0 Å². The van der Waals surface area contributed by atoms with Crippen LogP contribution in [0.2, 0.25) is 0 Å². The minimum absolute atomic E-state index is 0.0595. The number of hydrogen-bond donors (Lipinski definition) is 0. The van der Waals surface area contributed by atoms with Gasteiger partial charge < -0.3 is 0 Å². The first-order chi connectivity index (χ1) is 13.7. The van der Waals surface area contributed by atoms with Crippen LogP contribution in [0.5, 0.6) is 0 Å². The highest BCUT2D eigenvalue weighted by Crippen LogP contribution is 2.22. The van der Waals surface area contributed by atoms with Crippen molar-refractivity contribution in [1.82, 2.24) is 19.2 Å². The van der Waals surface area contributed by atoms with E-state index in [0.717, 1.165) is 22.5 Å². The Kier molecular flexibility index (Phi) is 3.79. The molecule has 2 aromatic heterocycles. The second-order valence-electron chi connectivity index (χ2n) is 6.92. The van der Waals surface area contributed by atoms with Gasteiger partial charge in [-0.1, -0.05) is 72.3 Å². The molecule has 0 saturated heterocycles. The van der Waals surface area contributed by atoms with Gasteiger partial charge >= 0.3 is 0 Å². The molecule has 5 rings (SSSR count). The number of fused-ring (bicyclic) bond motifs is 3. The van der Waals surface area contributed by atoms with Gasteiger partial charge in [-0.2, -0.15) is 0 Å². The van der Waals surface area contributed by atoms with Crippen LogP contribution in [0.3, 0.4) is 0 Å². The third-order valence-corrected chi connectivity index (χ3v) is 5.00. The smallest absolute Gasteiger partial charge is 0.263 e. The number of aromatic nitrogens is 4. The quantitative estimate of drug-likeness (QED) is 0.484. The van der Waals surface area contributed by atoms with Crippen molar-refractivity contribution in [2.24, 2.45) is 0 Å². The molecule has 0 aliphatic heterocycles. The van der Waals surface area contributed by atoms with E-state index in [9.17, 15) is 4.79 Å². The van der Waals surface area contributed by atoms with Crippen LogP contribution in [0.25, 0.3) is 28.1 Å². The Morgan fingerprint density at radius 2 is 1.54 bits per heavy atom. The summed E-state index contributed by atoms with van der Waals surface area (Å²) in [6, 6.07) is 25.7. The van der Waals surface area contributed by atoms with E-state index in [0.29, 0.717) is 17.7 Å². The zero-order valence-corrected chi connectivity index (χ0v) is 15.4. The molecule has 2 heterocycles. The van der Waals surface area contributed by atoms with Crippen LogP contribution in [0.1, 0.15) is 11.1 Å². The third-order valence-electron chi connectivity index (χ3n) is 5.00. The number of rotatable bonds is 3. The molecule has 0 spiro atoms. The van der Waals surface area contributed by atoms with Crippen LogP contribution >= 0.6 is 0 Å². The highest BCUT2D eigenvalue weighted by molar-refractivity contribution is 5.82. The van der Waals surface area contributed by atoms with Crippen LogP contribution in [0, 0.1) is 6.92 Å². The molecule has 5 aromatic rings. The molecule has 3 aromatic carbocycles. The summed E-state index contributed by atoms with van der Waals surface area (Å²) in [5.74, 6) is 1.27. The molecule has 5 nitrogen and oxygen atoms in total. The van der Waals surface area contributed by atoms with Gasteiger partial charge in [0.1, 0.15) is 0 Å². The Bertz CT molecular complexity index is 1350. The van der Waals surface area contributed by atoms with Crippen molar-refractivity contribution in [3.8, 4) is 11.4 Å². The average Bonchev–Trinajstić information content (AvgIpc) is 3.18. The Labute approximate surface area is 161 Å². The first kappa shape index (κ1) is 16.4. The minimum Gasteiger partial charge on any atom is -0.272 e. The van der Waals surface area contributed by atoms with E-state index in [2.05, 4.69) is 29.3 Å². The standard InChI is InChI=1S/C23H18N4O/c1-16-11-13-17(14-12-16)15-26-22(28)19-9-5-6-10-20(19)27-21(24-25-23(26)27)18-7-3-2-4-8-18/h2-14H,15H2,1H3. The number of aryl methyl sites for hydroxylation is 1. The molecule has 0 unspecified atom stereocenters. The topological polar surface area (TPSA) is 52.2 Å². The van der Waals surface area contributed by atoms with Crippen LogP contribution in [0.4, 0.5) is 0 Å². The maximum atomic E-state index is 13.2. The zero-order valence-electron chi connectivity index (χ0n) is 15.4. The maximum absolute atomic E-state index is 13.2. The molecule has 28 heavy (non-hydrogen) atoms. The highest BCUT2D eigenvalue weighted by atomic mass is 16.1. The van der Waals surface area contributed by atoms with Crippen LogP contribution in [-0.4, -0.2) is 19.2 Å². The lowest BCUT2D eigenvalue weighted by Gasteiger charge is -2.12. The predicted molar refractivity (Wildman–Crippen MR) is 110 cm³/mol. The van der Waals surface area contributed by atoms with Gasteiger partial charge in [-0.3, -0.25) is 13.8 Å². The fraction of sp³-hybridized carbons (Fsp3) is 0.0870. The van der Waals surface area contributed by atoms with Crippen LogP contribution < -0.4 is 5.56 Å². The minimum atomic E-state index is -0.0595. The largest absolute Gasteiger partial charge is 0.272 e.